The normalized spacial score (nSPS) is 11.9. The van der Waals surface area contributed by atoms with Crippen molar-refractivity contribution < 1.29 is 18.1 Å². The molecule has 0 amide bonds. The summed E-state index contributed by atoms with van der Waals surface area (Å²) >= 11 is 0. The molecule has 0 aliphatic rings. The fraction of sp³-hybridized carbons (Fsp3) is 1.00. The second kappa shape index (κ2) is 12.2. The summed E-state index contributed by atoms with van der Waals surface area (Å²) in [4.78, 5) is 0. The van der Waals surface area contributed by atoms with Crippen LogP contribution in [0.5, 0.6) is 0 Å². The van der Waals surface area contributed by atoms with Crippen molar-refractivity contribution >= 4 is 7.82 Å². The third-order valence-corrected chi connectivity index (χ3v) is 3.99. The van der Waals surface area contributed by atoms with E-state index < -0.39 is 7.82 Å². The van der Waals surface area contributed by atoms with Gasteiger partial charge in [-0.25, -0.2) is 4.57 Å². The zero-order chi connectivity index (χ0) is 13.7. The first kappa shape index (κ1) is 18.1. The summed E-state index contributed by atoms with van der Waals surface area (Å²) in [5.41, 5.74) is 0. The summed E-state index contributed by atoms with van der Waals surface area (Å²) in [6.07, 6.45) is 6.84. The van der Waals surface area contributed by atoms with Crippen molar-refractivity contribution in [1.82, 2.24) is 0 Å². The van der Waals surface area contributed by atoms with Gasteiger partial charge in [-0.05, 0) is 19.3 Å². The number of phosphoric ester groups is 1. The first-order valence-corrected chi connectivity index (χ1v) is 8.68. The van der Waals surface area contributed by atoms with E-state index in [4.69, 9.17) is 13.6 Å². The summed E-state index contributed by atoms with van der Waals surface area (Å²) < 4.78 is 28.2. The lowest BCUT2D eigenvalue weighted by molar-refractivity contribution is 0.109. The van der Waals surface area contributed by atoms with E-state index >= 15 is 0 Å². The predicted octanol–water partition coefficient (Wildman–Crippen LogP) is 4.93. The Balaban J connectivity index is 3.99. The number of hydrogen-bond acceptors (Lipinski definition) is 4. The molecule has 0 N–H and O–H groups in total. The van der Waals surface area contributed by atoms with Gasteiger partial charge in [0.15, 0.2) is 0 Å². The predicted molar refractivity (Wildman–Crippen MR) is 74.8 cm³/mol. The fourth-order valence-corrected chi connectivity index (χ4v) is 2.56. The minimum absolute atomic E-state index is 0.438. The van der Waals surface area contributed by atoms with Gasteiger partial charge in [-0.3, -0.25) is 13.6 Å². The standard InChI is InChI=1S/C13H29O4P/c1-4-7-10-13-17-18(14,15-11-8-5-2)16-12-9-6-3/h4-13H2,1-3H3. The maximum Gasteiger partial charge on any atom is 0.474 e. The van der Waals surface area contributed by atoms with Gasteiger partial charge >= 0.3 is 7.82 Å². The molecule has 0 rings (SSSR count). The van der Waals surface area contributed by atoms with Crippen LogP contribution < -0.4 is 0 Å². The van der Waals surface area contributed by atoms with Crippen LogP contribution in [0.4, 0.5) is 0 Å². The van der Waals surface area contributed by atoms with Gasteiger partial charge in [0.05, 0.1) is 19.8 Å². The van der Waals surface area contributed by atoms with Gasteiger partial charge in [0.2, 0.25) is 0 Å². The Bertz CT molecular complexity index is 207. The summed E-state index contributed by atoms with van der Waals surface area (Å²) in [5.74, 6) is 0. The number of unbranched alkanes of at least 4 members (excludes halogenated alkanes) is 4. The molecule has 0 heterocycles. The van der Waals surface area contributed by atoms with E-state index in [9.17, 15) is 4.57 Å². The van der Waals surface area contributed by atoms with Crippen LogP contribution in [0.1, 0.15) is 65.7 Å². The average molecular weight is 280 g/mol. The zero-order valence-electron chi connectivity index (χ0n) is 12.2. The van der Waals surface area contributed by atoms with Crippen LogP contribution in [0, 0.1) is 0 Å². The molecule has 0 atom stereocenters. The lowest BCUT2D eigenvalue weighted by Gasteiger charge is -2.17. The van der Waals surface area contributed by atoms with Gasteiger partial charge in [0.1, 0.15) is 0 Å². The number of hydrogen-bond donors (Lipinski definition) is 0. The van der Waals surface area contributed by atoms with E-state index in [-0.39, 0.29) is 0 Å². The molecule has 0 aliphatic carbocycles. The number of phosphoric acid groups is 1. The van der Waals surface area contributed by atoms with Crippen LogP contribution in [0.15, 0.2) is 0 Å². The summed E-state index contributed by atoms with van der Waals surface area (Å²) in [6.45, 7) is 7.57. The molecule has 0 bridgehead atoms. The Morgan fingerprint density at radius 2 is 1.06 bits per heavy atom. The van der Waals surface area contributed by atoms with Crippen LogP contribution in [0.2, 0.25) is 0 Å². The highest BCUT2D eigenvalue weighted by molar-refractivity contribution is 7.48. The quantitative estimate of drug-likeness (QED) is 0.354. The Kier molecular flexibility index (Phi) is 12.2. The van der Waals surface area contributed by atoms with Crippen molar-refractivity contribution in [3.05, 3.63) is 0 Å². The second-order valence-corrected chi connectivity index (χ2v) is 6.03. The molecule has 0 radical (unpaired) electrons. The highest BCUT2D eigenvalue weighted by Crippen LogP contribution is 2.49. The minimum atomic E-state index is -3.32. The van der Waals surface area contributed by atoms with Crippen molar-refractivity contribution in [3.63, 3.8) is 0 Å². The van der Waals surface area contributed by atoms with Gasteiger partial charge in [-0.2, -0.15) is 0 Å². The van der Waals surface area contributed by atoms with Gasteiger partial charge in [0, 0.05) is 0 Å². The van der Waals surface area contributed by atoms with Gasteiger partial charge in [-0.15, -0.1) is 0 Å². The van der Waals surface area contributed by atoms with Crippen molar-refractivity contribution in [2.75, 3.05) is 19.8 Å². The second-order valence-electron chi connectivity index (χ2n) is 4.36. The van der Waals surface area contributed by atoms with Crippen LogP contribution in [-0.2, 0) is 18.1 Å². The van der Waals surface area contributed by atoms with Gasteiger partial charge in [-0.1, -0.05) is 46.5 Å². The zero-order valence-corrected chi connectivity index (χ0v) is 13.0. The lowest BCUT2D eigenvalue weighted by atomic mass is 10.3. The molecule has 4 nitrogen and oxygen atoms in total. The van der Waals surface area contributed by atoms with E-state index in [2.05, 4.69) is 20.8 Å². The average Bonchev–Trinajstić information content (AvgIpc) is 2.36. The molecular weight excluding hydrogens is 251 g/mol. The molecule has 5 heteroatoms. The Morgan fingerprint density at radius 1 is 0.667 bits per heavy atom. The van der Waals surface area contributed by atoms with Crippen LogP contribution in [-0.4, -0.2) is 19.8 Å². The van der Waals surface area contributed by atoms with E-state index in [0.29, 0.717) is 19.8 Å². The van der Waals surface area contributed by atoms with Crippen LogP contribution in [0.25, 0.3) is 0 Å². The van der Waals surface area contributed by atoms with Gasteiger partial charge in [0.25, 0.3) is 0 Å². The highest BCUT2D eigenvalue weighted by Gasteiger charge is 2.25. The monoisotopic (exact) mass is 280 g/mol. The van der Waals surface area contributed by atoms with Crippen LogP contribution in [0.3, 0.4) is 0 Å². The molecule has 110 valence electrons. The van der Waals surface area contributed by atoms with E-state index in [1.807, 2.05) is 0 Å². The fourth-order valence-electron chi connectivity index (χ4n) is 1.28. The summed E-state index contributed by atoms with van der Waals surface area (Å²) in [7, 11) is -3.32. The third kappa shape index (κ3) is 10.1. The molecule has 0 unspecified atom stereocenters. The first-order chi connectivity index (χ1) is 8.68. The van der Waals surface area contributed by atoms with Crippen LogP contribution >= 0.6 is 7.82 Å². The van der Waals surface area contributed by atoms with Crippen molar-refractivity contribution in [2.24, 2.45) is 0 Å². The largest absolute Gasteiger partial charge is 0.474 e. The SMILES string of the molecule is CCCCCOP(=O)(OCCCC)OCCCC. The van der Waals surface area contributed by atoms with Crippen molar-refractivity contribution in [1.29, 1.82) is 0 Å². The maximum atomic E-state index is 12.3. The molecule has 0 aliphatic heterocycles. The summed E-state index contributed by atoms with van der Waals surface area (Å²) in [5, 5.41) is 0. The molecule has 0 spiro atoms. The van der Waals surface area contributed by atoms with Crippen molar-refractivity contribution in [3.8, 4) is 0 Å². The molecule has 0 saturated carbocycles. The molecule has 0 saturated heterocycles. The smallest absolute Gasteiger partial charge is 0.287 e. The Morgan fingerprint density at radius 3 is 1.44 bits per heavy atom. The Labute approximate surface area is 112 Å². The number of rotatable bonds is 13. The first-order valence-electron chi connectivity index (χ1n) is 7.22. The van der Waals surface area contributed by atoms with Crippen molar-refractivity contribution in [2.45, 2.75) is 65.7 Å². The third-order valence-electron chi connectivity index (χ3n) is 2.49. The molecule has 0 aromatic heterocycles. The topological polar surface area (TPSA) is 44.8 Å². The molecule has 18 heavy (non-hydrogen) atoms. The van der Waals surface area contributed by atoms with E-state index in [0.717, 1.165) is 44.9 Å². The highest BCUT2D eigenvalue weighted by atomic mass is 31.2. The molecule has 0 fully saturated rings. The summed E-state index contributed by atoms with van der Waals surface area (Å²) in [6, 6.07) is 0. The Hall–Kier alpha value is 0.110. The minimum Gasteiger partial charge on any atom is -0.287 e. The van der Waals surface area contributed by atoms with E-state index in [1.54, 1.807) is 0 Å². The van der Waals surface area contributed by atoms with E-state index in [1.165, 1.54) is 0 Å². The molecular formula is C13H29O4P. The van der Waals surface area contributed by atoms with Gasteiger partial charge < -0.3 is 0 Å². The molecule has 0 aromatic carbocycles. The lowest BCUT2D eigenvalue weighted by Crippen LogP contribution is -2.04. The molecule has 0 aromatic rings. The maximum absolute atomic E-state index is 12.3.